The van der Waals surface area contributed by atoms with Gasteiger partial charge < -0.3 is 5.73 Å². The first kappa shape index (κ1) is 6.10. The minimum atomic E-state index is -0.596. The van der Waals surface area contributed by atoms with Crippen molar-refractivity contribution in [3.05, 3.63) is 11.8 Å². The van der Waals surface area contributed by atoms with Gasteiger partial charge in [-0.2, -0.15) is 5.10 Å². The smallest absolute Gasteiger partial charge is 0.257 e. The highest BCUT2D eigenvalue weighted by Crippen LogP contribution is 2.08. The lowest BCUT2D eigenvalue weighted by Gasteiger charge is -1.84. The maximum Gasteiger partial charge on any atom is 0.257 e. The highest BCUT2D eigenvalue weighted by Gasteiger charge is 2.06. The molecule has 0 saturated carbocycles. The van der Waals surface area contributed by atoms with Gasteiger partial charge in [-0.1, -0.05) is 0 Å². The summed E-state index contributed by atoms with van der Waals surface area (Å²) in [5, 5.41) is 5.26. The normalized spacial score (nSPS) is 9.44. The van der Waals surface area contributed by atoms with Crippen molar-refractivity contribution in [1.29, 1.82) is 0 Å². The van der Waals surface area contributed by atoms with Crippen LogP contribution in [0.15, 0.2) is 6.20 Å². The van der Waals surface area contributed by atoms with Crippen LogP contribution in [-0.4, -0.2) is 15.4 Å². The van der Waals surface area contributed by atoms with Gasteiger partial charge in [0.2, 0.25) is 0 Å². The van der Waals surface area contributed by atoms with E-state index in [9.17, 15) is 4.79 Å². The van der Waals surface area contributed by atoms with Crippen LogP contribution < -0.4 is 5.73 Å². The number of carbonyl (C=O) groups excluding carboxylic acids is 1. The largest absolute Gasteiger partial charge is 0.383 e. The van der Waals surface area contributed by atoms with Crippen LogP contribution in [0.25, 0.3) is 0 Å². The molecule has 0 aliphatic heterocycles. The van der Waals surface area contributed by atoms with E-state index in [-0.39, 0.29) is 11.4 Å². The fourth-order valence-electron chi connectivity index (χ4n) is 0.453. The number of nitrogen functional groups attached to an aromatic ring is 1. The fraction of sp³-hybridized carbons (Fsp3) is 0. The first-order valence-electron chi connectivity index (χ1n) is 2.20. The van der Waals surface area contributed by atoms with Crippen molar-refractivity contribution in [2.24, 2.45) is 0 Å². The Hall–Kier alpha value is -1.03. The van der Waals surface area contributed by atoms with Gasteiger partial charge in [-0.25, -0.2) is 0 Å². The molecule has 0 aliphatic rings. The zero-order chi connectivity index (χ0) is 6.85. The van der Waals surface area contributed by atoms with Gasteiger partial charge in [-0.15, -0.1) is 0 Å². The number of anilines is 1. The van der Waals surface area contributed by atoms with E-state index < -0.39 is 5.24 Å². The fourth-order valence-corrected chi connectivity index (χ4v) is 0.603. The van der Waals surface area contributed by atoms with Crippen LogP contribution in [0.2, 0.25) is 0 Å². The monoisotopic (exact) mass is 145 g/mol. The number of aromatic amines is 1. The first-order valence-corrected chi connectivity index (χ1v) is 2.58. The van der Waals surface area contributed by atoms with Crippen molar-refractivity contribution in [2.75, 3.05) is 5.73 Å². The molecule has 0 amide bonds. The van der Waals surface area contributed by atoms with Crippen LogP contribution in [0.5, 0.6) is 0 Å². The summed E-state index contributed by atoms with van der Waals surface area (Å²) in [6.45, 7) is 0. The topological polar surface area (TPSA) is 71.8 Å². The molecule has 0 atom stereocenters. The van der Waals surface area contributed by atoms with Gasteiger partial charge in [0, 0.05) is 0 Å². The quantitative estimate of drug-likeness (QED) is 0.561. The van der Waals surface area contributed by atoms with E-state index in [0.29, 0.717) is 0 Å². The summed E-state index contributed by atoms with van der Waals surface area (Å²) in [4.78, 5) is 10.4. The second kappa shape index (κ2) is 2.06. The van der Waals surface area contributed by atoms with E-state index >= 15 is 0 Å². The molecule has 5 heteroatoms. The van der Waals surface area contributed by atoms with Crippen LogP contribution in [0.1, 0.15) is 10.4 Å². The van der Waals surface area contributed by atoms with Crippen molar-refractivity contribution in [3.8, 4) is 0 Å². The molecule has 0 radical (unpaired) electrons. The minimum Gasteiger partial charge on any atom is -0.383 e. The summed E-state index contributed by atoms with van der Waals surface area (Å²) in [6, 6.07) is 0. The summed E-state index contributed by atoms with van der Waals surface area (Å²) < 4.78 is 0. The number of hydrogen-bond donors (Lipinski definition) is 2. The van der Waals surface area contributed by atoms with Crippen LogP contribution in [-0.2, 0) is 0 Å². The Morgan fingerprint density at radius 2 is 2.56 bits per heavy atom. The minimum absolute atomic E-state index is 0.204. The van der Waals surface area contributed by atoms with Gasteiger partial charge in [0.1, 0.15) is 5.82 Å². The van der Waals surface area contributed by atoms with Gasteiger partial charge in [0.05, 0.1) is 11.8 Å². The third-order valence-corrected chi connectivity index (χ3v) is 1.08. The summed E-state index contributed by atoms with van der Waals surface area (Å²) in [5.41, 5.74) is 5.44. The average Bonchev–Trinajstić information content (AvgIpc) is 2.13. The second-order valence-electron chi connectivity index (χ2n) is 1.47. The van der Waals surface area contributed by atoms with Gasteiger partial charge in [0.25, 0.3) is 5.24 Å². The predicted molar refractivity (Wildman–Crippen MR) is 33.2 cm³/mol. The Morgan fingerprint density at radius 3 is 2.78 bits per heavy atom. The van der Waals surface area contributed by atoms with Crippen LogP contribution in [0.3, 0.4) is 0 Å². The third kappa shape index (κ3) is 1.02. The van der Waals surface area contributed by atoms with E-state index in [1.165, 1.54) is 6.20 Å². The molecule has 4 nitrogen and oxygen atoms in total. The number of nitrogens with zero attached hydrogens (tertiary/aromatic N) is 1. The zero-order valence-corrected chi connectivity index (χ0v) is 5.14. The lowest BCUT2D eigenvalue weighted by Crippen LogP contribution is -1.93. The maximum absolute atomic E-state index is 10.4. The summed E-state index contributed by atoms with van der Waals surface area (Å²) in [7, 11) is 0. The molecule has 48 valence electrons. The number of nitrogens with one attached hydrogen (secondary N) is 1. The van der Waals surface area contributed by atoms with Crippen LogP contribution in [0, 0.1) is 0 Å². The molecule has 1 aromatic rings. The highest BCUT2D eigenvalue weighted by atomic mass is 35.5. The molecule has 0 bridgehead atoms. The molecule has 1 rings (SSSR count). The molecular weight excluding hydrogens is 142 g/mol. The molecule has 0 aliphatic carbocycles. The molecule has 0 aromatic carbocycles. The number of H-pyrrole nitrogens is 1. The Kier molecular flexibility index (Phi) is 1.40. The highest BCUT2D eigenvalue weighted by molar-refractivity contribution is 6.68. The number of carbonyl (C=O) groups is 1. The Labute approximate surface area is 56.0 Å². The van der Waals surface area contributed by atoms with Crippen molar-refractivity contribution in [3.63, 3.8) is 0 Å². The van der Waals surface area contributed by atoms with Gasteiger partial charge >= 0.3 is 0 Å². The van der Waals surface area contributed by atoms with Gasteiger partial charge in [-0.05, 0) is 11.6 Å². The molecule has 0 fully saturated rings. The lowest BCUT2D eigenvalue weighted by atomic mass is 10.4. The van der Waals surface area contributed by atoms with Gasteiger partial charge in [0.15, 0.2) is 0 Å². The number of hydrogen-bond acceptors (Lipinski definition) is 3. The Balaban J connectivity index is 3.08. The first-order chi connectivity index (χ1) is 4.22. The molecule has 3 N–H and O–H groups in total. The average molecular weight is 146 g/mol. The second-order valence-corrected chi connectivity index (χ2v) is 1.81. The van der Waals surface area contributed by atoms with E-state index in [0.717, 1.165) is 0 Å². The Bertz CT molecular complexity index is 231. The zero-order valence-electron chi connectivity index (χ0n) is 4.39. The van der Waals surface area contributed by atoms with Crippen molar-refractivity contribution < 1.29 is 4.79 Å². The van der Waals surface area contributed by atoms with E-state index in [4.69, 9.17) is 17.3 Å². The van der Waals surface area contributed by atoms with Gasteiger partial charge in [-0.3, -0.25) is 9.89 Å². The third-order valence-electron chi connectivity index (χ3n) is 0.881. The van der Waals surface area contributed by atoms with E-state index in [2.05, 4.69) is 10.2 Å². The van der Waals surface area contributed by atoms with E-state index in [1.807, 2.05) is 0 Å². The molecule has 0 unspecified atom stereocenters. The van der Waals surface area contributed by atoms with Crippen LogP contribution >= 0.6 is 11.6 Å². The summed E-state index contributed by atoms with van der Waals surface area (Å²) in [5.74, 6) is 0.204. The molecule has 0 saturated heterocycles. The number of rotatable bonds is 1. The molecule has 0 spiro atoms. The Morgan fingerprint density at radius 1 is 1.89 bits per heavy atom. The number of aromatic nitrogens is 2. The van der Waals surface area contributed by atoms with Crippen molar-refractivity contribution in [1.82, 2.24) is 10.2 Å². The van der Waals surface area contributed by atoms with Crippen LogP contribution in [0.4, 0.5) is 5.82 Å². The summed E-state index contributed by atoms with van der Waals surface area (Å²) >= 11 is 5.07. The lowest BCUT2D eigenvalue weighted by molar-refractivity contribution is 0.108. The molecule has 1 aromatic heterocycles. The molecule has 9 heavy (non-hydrogen) atoms. The maximum atomic E-state index is 10.4. The SMILES string of the molecule is Nc1[nH]ncc1C(=O)Cl. The molecular formula is C4H4ClN3O. The van der Waals surface area contributed by atoms with Crippen molar-refractivity contribution >= 4 is 22.7 Å². The summed E-state index contributed by atoms with van der Waals surface area (Å²) in [6.07, 6.45) is 1.28. The standard InChI is InChI=1S/C4H4ClN3O/c5-3(9)2-1-7-8-4(2)6/h1H,(H3,6,7,8). The number of nitrogens with two attached hydrogens (primary N) is 1. The number of halogens is 1. The molecule has 1 heterocycles. The van der Waals surface area contributed by atoms with E-state index in [1.54, 1.807) is 0 Å². The predicted octanol–water partition coefficient (Wildman–Crippen LogP) is 0.371. The van der Waals surface area contributed by atoms with Crippen molar-refractivity contribution in [2.45, 2.75) is 0 Å².